The monoisotopic (exact) mass is 334 g/mol. The molecule has 0 aromatic heterocycles. The largest absolute Gasteiger partial charge is 0.478 e. The van der Waals surface area contributed by atoms with E-state index < -0.39 is 18.1 Å². The summed E-state index contributed by atoms with van der Waals surface area (Å²) in [6.45, 7) is 1.33. The number of anilines is 2. The van der Waals surface area contributed by atoms with Crippen molar-refractivity contribution < 1.29 is 27.9 Å². The Morgan fingerprint density at radius 2 is 1.86 bits per heavy atom. The number of aromatic carboxylic acids is 1. The summed E-state index contributed by atoms with van der Waals surface area (Å²) in [6.07, 6.45) is -5.02. The molecule has 1 aromatic rings. The number of alkyl halides is 3. The molecule has 0 radical (unpaired) electrons. The standard InChI is InChI=1S/C13H13F3N2O3S/c14-13(15,16)12(21)17-8-1-2-10(9(7-8)11(19)20)18-3-5-22-6-4-18/h1-2,7H,3-6H2,(H,17,21)(H,19,20). The highest BCUT2D eigenvalue weighted by atomic mass is 32.2. The molecule has 120 valence electrons. The first-order valence-corrected chi connectivity index (χ1v) is 7.52. The van der Waals surface area contributed by atoms with Gasteiger partial charge < -0.3 is 15.3 Å². The number of carboxylic acid groups (broad SMARTS) is 1. The summed E-state index contributed by atoms with van der Waals surface area (Å²) in [5, 5.41) is 10.9. The number of carbonyl (C=O) groups excluding carboxylic acids is 1. The number of hydrogen-bond acceptors (Lipinski definition) is 4. The van der Waals surface area contributed by atoms with Gasteiger partial charge in [0, 0.05) is 30.3 Å². The first-order valence-electron chi connectivity index (χ1n) is 6.37. The third kappa shape index (κ3) is 3.85. The molecule has 22 heavy (non-hydrogen) atoms. The quantitative estimate of drug-likeness (QED) is 0.888. The van der Waals surface area contributed by atoms with Crippen molar-refractivity contribution in [2.45, 2.75) is 6.18 Å². The first kappa shape index (κ1) is 16.5. The van der Waals surface area contributed by atoms with E-state index in [4.69, 9.17) is 0 Å². The van der Waals surface area contributed by atoms with Gasteiger partial charge in [-0.05, 0) is 18.2 Å². The van der Waals surface area contributed by atoms with Gasteiger partial charge >= 0.3 is 18.1 Å². The Morgan fingerprint density at radius 1 is 1.23 bits per heavy atom. The Labute approximate surface area is 128 Å². The van der Waals surface area contributed by atoms with Gasteiger partial charge in [-0.2, -0.15) is 24.9 Å². The summed E-state index contributed by atoms with van der Waals surface area (Å²) < 4.78 is 36.7. The molecular formula is C13H13F3N2O3S. The van der Waals surface area contributed by atoms with Crippen molar-refractivity contribution in [3.63, 3.8) is 0 Å². The van der Waals surface area contributed by atoms with Crippen molar-refractivity contribution in [2.24, 2.45) is 0 Å². The van der Waals surface area contributed by atoms with Crippen LogP contribution in [-0.2, 0) is 4.79 Å². The van der Waals surface area contributed by atoms with Crippen molar-refractivity contribution in [3.05, 3.63) is 23.8 Å². The SMILES string of the molecule is O=C(O)c1cc(NC(=O)C(F)(F)F)ccc1N1CCSCC1. The Bertz CT molecular complexity index is 586. The zero-order chi connectivity index (χ0) is 16.3. The van der Waals surface area contributed by atoms with Crippen LogP contribution in [0.25, 0.3) is 0 Å². The van der Waals surface area contributed by atoms with Crippen molar-refractivity contribution in [2.75, 3.05) is 34.8 Å². The van der Waals surface area contributed by atoms with Crippen LogP contribution in [-0.4, -0.2) is 47.8 Å². The van der Waals surface area contributed by atoms with Gasteiger partial charge in [0.05, 0.1) is 11.3 Å². The topological polar surface area (TPSA) is 69.6 Å². The number of carboxylic acids is 1. The van der Waals surface area contributed by atoms with Gasteiger partial charge in [-0.1, -0.05) is 0 Å². The van der Waals surface area contributed by atoms with E-state index in [2.05, 4.69) is 0 Å². The van der Waals surface area contributed by atoms with E-state index in [-0.39, 0.29) is 11.3 Å². The zero-order valence-electron chi connectivity index (χ0n) is 11.3. The molecule has 0 aliphatic carbocycles. The fourth-order valence-corrected chi connectivity index (χ4v) is 2.97. The minimum absolute atomic E-state index is 0.133. The zero-order valence-corrected chi connectivity index (χ0v) is 12.1. The lowest BCUT2D eigenvalue weighted by molar-refractivity contribution is -0.167. The highest BCUT2D eigenvalue weighted by Gasteiger charge is 2.38. The van der Waals surface area contributed by atoms with Gasteiger partial charge in [-0.3, -0.25) is 4.79 Å². The van der Waals surface area contributed by atoms with Gasteiger partial charge in [0.15, 0.2) is 0 Å². The van der Waals surface area contributed by atoms with Gasteiger partial charge in [0.1, 0.15) is 0 Å². The van der Waals surface area contributed by atoms with Crippen LogP contribution in [0, 0.1) is 0 Å². The second-order valence-corrected chi connectivity index (χ2v) is 5.81. The molecule has 1 aliphatic heterocycles. The van der Waals surface area contributed by atoms with Crippen molar-refractivity contribution >= 4 is 35.0 Å². The highest BCUT2D eigenvalue weighted by Crippen LogP contribution is 2.28. The molecular weight excluding hydrogens is 321 g/mol. The van der Waals surface area contributed by atoms with E-state index in [1.807, 2.05) is 4.90 Å². The summed E-state index contributed by atoms with van der Waals surface area (Å²) in [7, 11) is 0. The molecule has 1 saturated heterocycles. The van der Waals surface area contributed by atoms with Crippen molar-refractivity contribution in [3.8, 4) is 0 Å². The number of nitrogens with one attached hydrogen (secondary N) is 1. The lowest BCUT2D eigenvalue weighted by atomic mass is 10.1. The van der Waals surface area contributed by atoms with E-state index in [0.717, 1.165) is 17.6 Å². The molecule has 0 spiro atoms. The number of carbonyl (C=O) groups is 2. The average molecular weight is 334 g/mol. The molecule has 1 fully saturated rings. The molecule has 0 atom stereocenters. The predicted molar refractivity (Wildman–Crippen MR) is 77.6 cm³/mol. The molecule has 1 amide bonds. The molecule has 2 N–H and O–H groups in total. The van der Waals surface area contributed by atoms with Crippen LogP contribution in [0.1, 0.15) is 10.4 Å². The molecule has 1 heterocycles. The van der Waals surface area contributed by atoms with Crippen LogP contribution in [0.2, 0.25) is 0 Å². The van der Waals surface area contributed by atoms with E-state index in [0.29, 0.717) is 18.8 Å². The average Bonchev–Trinajstić information content (AvgIpc) is 2.47. The Hall–Kier alpha value is -1.90. The van der Waals surface area contributed by atoms with E-state index in [9.17, 15) is 27.9 Å². The number of amides is 1. The molecule has 1 aromatic carbocycles. The Morgan fingerprint density at radius 3 is 2.41 bits per heavy atom. The molecule has 0 saturated carbocycles. The number of benzene rings is 1. The molecule has 0 bridgehead atoms. The third-order valence-corrected chi connectivity index (χ3v) is 4.04. The second kappa shape index (κ2) is 6.47. The number of rotatable bonds is 3. The first-order chi connectivity index (χ1) is 10.3. The van der Waals surface area contributed by atoms with E-state index in [1.165, 1.54) is 12.1 Å². The van der Waals surface area contributed by atoms with Crippen LogP contribution in [0.5, 0.6) is 0 Å². The van der Waals surface area contributed by atoms with Crippen LogP contribution < -0.4 is 10.2 Å². The number of hydrogen-bond donors (Lipinski definition) is 2. The summed E-state index contributed by atoms with van der Waals surface area (Å²) in [4.78, 5) is 24.1. The normalized spacial score (nSPS) is 15.5. The number of halogens is 3. The predicted octanol–water partition coefficient (Wildman–Crippen LogP) is 2.44. The van der Waals surface area contributed by atoms with Crippen LogP contribution >= 0.6 is 11.8 Å². The molecule has 5 nitrogen and oxygen atoms in total. The lowest BCUT2D eigenvalue weighted by Crippen LogP contribution is -2.34. The summed E-state index contributed by atoms with van der Waals surface area (Å²) in [5.74, 6) is -1.68. The number of thioether (sulfide) groups is 1. The summed E-state index contributed by atoms with van der Waals surface area (Å²) in [5.41, 5.74) is 0.111. The highest BCUT2D eigenvalue weighted by molar-refractivity contribution is 7.99. The molecule has 1 aliphatic rings. The summed E-state index contributed by atoms with van der Waals surface area (Å²) in [6, 6.07) is 3.74. The van der Waals surface area contributed by atoms with E-state index >= 15 is 0 Å². The molecule has 2 rings (SSSR count). The molecule has 0 unspecified atom stereocenters. The maximum Gasteiger partial charge on any atom is 0.471 e. The lowest BCUT2D eigenvalue weighted by Gasteiger charge is -2.29. The van der Waals surface area contributed by atoms with Gasteiger partial charge in [0.2, 0.25) is 0 Å². The minimum Gasteiger partial charge on any atom is -0.478 e. The second-order valence-electron chi connectivity index (χ2n) is 4.59. The third-order valence-electron chi connectivity index (χ3n) is 3.09. The molecule has 9 heteroatoms. The Kier molecular flexibility index (Phi) is 4.84. The van der Waals surface area contributed by atoms with Gasteiger partial charge in [-0.25, -0.2) is 4.79 Å². The fraction of sp³-hybridized carbons (Fsp3) is 0.385. The van der Waals surface area contributed by atoms with E-state index in [1.54, 1.807) is 17.1 Å². The van der Waals surface area contributed by atoms with Crippen LogP contribution in [0.15, 0.2) is 18.2 Å². The summed E-state index contributed by atoms with van der Waals surface area (Å²) >= 11 is 1.75. The Balaban J connectivity index is 2.27. The fourth-order valence-electron chi connectivity index (χ4n) is 2.07. The number of nitrogens with zero attached hydrogens (tertiary/aromatic N) is 1. The smallest absolute Gasteiger partial charge is 0.471 e. The van der Waals surface area contributed by atoms with Crippen LogP contribution in [0.4, 0.5) is 24.5 Å². The maximum absolute atomic E-state index is 12.2. The minimum atomic E-state index is -5.02. The van der Waals surface area contributed by atoms with Gasteiger partial charge in [0.25, 0.3) is 0 Å². The van der Waals surface area contributed by atoms with Crippen molar-refractivity contribution in [1.82, 2.24) is 0 Å². The maximum atomic E-state index is 12.2. The van der Waals surface area contributed by atoms with Gasteiger partial charge in [-0.15, -0.1) is 0 Å². The van der Waals surface area contributed by atoms with Crippen LogP contribution in [0.3, 0.4) is 0 Å². The van der Waals surface area contributed by atoms with Crippen molar-refractivity contribution in [1.29, 1.82) is 0 Å².